The molecule has 0 aliphatic heterocycles. The van der Waals surface area contributed by atoms with E-state index in [1.807, 2.05) is 0 Å². The number of aryl methyl sites for hydroxylation is 2. The smallest absolute Gasteiger partial charge is 0.207 e. The van der Waals surface area contributed by atoms with E-state index in [1.54, 1.807) is 0 Å². The molecule has 1 saturated carbocycles. The van der Waals surface area contributed by atoms with Gasteiger partial charge in [0.1, 0.15) is 0 Å². The quantitative estimate of drug-likeness (QED) is 0.896. The number of aromatic nitrogens is 2. The van der Waals surface area contributed by atoms with Crippen LogP contribution in [0, 0.1) is 6.92 Å². The maximum absolute atomic E-state index is 4.71. The van der Waals surface area contributed by atoms with Crippen molar-refractivity contribution in [2.24, 2.45) is 0 Å². The molecule has 0 spiro atoms. The summed E-state index contributed by atoms with van der Waals surface area (Å²) >= 11 is 0. The van der Waals surface area contributed by atoms with Gasteiger partial charge in [-0.15, -0.1) is 0 Å². The predicted octanol–water partition coefficient (Wildman–Crippen LogP) is 4.49. The Hall–Kier alpha value is -1.77. The highest BCUT2D eigenvalue weighted by Crippen LogP contribution is 2.25. The zero-order valence-electron chi connectivity index (χ0n) is 13.1. The van der Waals surface area contributed by atoms with E-state index in [0.717, 1.165) is 18.1 Å². The Morgan fingerprint density at radius 2 is 1.95 bits per heavy atom. The third-order valence-corrected chi connectivity index (χ3v) is 4.40. The standard InChI is InChI=1S/C18H25N3/c1-3-15-9-7-8-12-17(15)21-13-14(2)19-18(21)20-16-10-5-4-6-11-16/h7-9,12-13,16H,3-6,10-11H2,1-2H3,(H,19,20). The van der Waals surface area contributed by atoms with Gasteiger partial charge in [0.15, 0.2) is 0 Å². The van der Waals surface area contributed by atoms with Gasteiger partial charge in [-0.2, -0.15) is 0 Å². The summed E-state index contributed by atoms with van der Waals surface area (Å²) in [7, 11) is 0. The molecule has 0 unspecified atom stereocenters. The second kappa shape index (κ2) is 6.33. The molecule has 3 rings (SSSR count). The van der Waals surface area contributed by atoms with Gasteiger partial charge in [-0.1, -0.05) is 44.4 Å². The van der Waals surface area contributed by atoms with Crippen molar-refractivity contribution in [3.8, 4) is 5.69 Å². The fraction of sp³-hybridized carbons (Fsp3) is 0.500. The predicted molar refractivity (Wildman–Crippen MR) is 88.2 cm³/mol. The van der Waals surface area contributed by atoms with Crippen LogP contribution >= 0.6 is 0 Å². The molecular weight excluding hydrogens is 258 g/mol. The molecule has 0 atom stereocenters. The number of nitrogens with one attached hydrogen (secondary N) is 1. The van der Waals surface area contributed by atoms with Gasteiger partial charge in [-0.05, 0) is 37.8 Å². The van der Waals surface area contributed by atoms with E-state index in [9.17, 15) is 0 Å². The van der Waals surface area contributed by atoms with Gasteiger partial charge in [-0.25, -0.2) is 4.98 Å². The first-order valence-corrected chi connectivity index (χ1v) is 8.18. The maximum Gasteiger partial charge on any atom is 0.207 e. The lowest BCUT2D eigenvalue weighted by Crippen LogP contribution is -2.24. The number of hydrogen-bond acceptors (Lipinski definition) is 2. The van der Waals surface area contributed by atoms with Crippen molar-refractivity contribution >= 4 is 5.95 Å². The molecule has 0 saturated heterocycles. The summed E-state index contributed by atoms with van der Waals surface area (Å²) < 4.78 is 2.22. The van der Waals surface area contributed by atoms with Crippen LogP contribution in [0.2, 0.25) is 0 Å². The molecule has 1 aliphatic rings. The van der Waals surface area contributed by atoms with Crippen LogP contribution in [0.1, 0.15) is 50.3 Å². The molecule has 1 aromatic heterocycles. The van der Waals surface area contributed by atoms with E-state index in [4.69, 9.17) is 4.98 Å². The molecule has 1 aliphatic carbocycles. The highest BCUT2D eigenvalue weighted by Gasteiger charge is 2.17. The minimum atomic E-state index is 0.577. The Bertz CT molecular complexity index is 594. The van der Waals surface area contributed by atoms with Crippen LogP contribution in [0.4, 0.5) is 5.95 Å². The van der Waals surface area contributed by atoms with Crippen molar-refractivity contribution in [2.45, 2.75) is 58.4 Å². The van der Waals surface area contributed by atoms with Gasteiger partial charge in [0.05, 0.1) is 11.4 Å². The molecule has 1 aromatic carbocycles. The lowest BCUT2D eigenvalue weighted by molar-refractivity contribution is 0.460. The van der Waals surface area contributed by atoms with Crippen LogP contribution in [0.5, 0.6) is 0 Å². The van der Waals surface area contributed by atoms with E-state index in [0.29, 0.717) is 6.04 Å². The third-order valence-electron chi connectivity index (χ3n) is 4.40. The molecule has 0 amide bonds. The van der Waals surface area contributed by atoms with Crippen LogP contribution < -0.4 is 5.32 Å². The molecule has 1 N–H and O–H groups in total. The Morgan fingerprint density at radius 1 is 1.19 bits per heavy atom. The highest BCUT2D eigenvalue weighted by molar-refractivity contribution is 5.48. The van der Waals surface area contributed by atoms with Gasteiger partial charge >= 0.3 is 0 Å². The number of para-hydroxylation sites is 1. The molecule has 112 valence electrons. The van der Waals surface area contributed by atoms with E-state index >= 15 is 0 Å². The first-order valence-electron chi connectivity index (χ1n) is 8.18. The number of nitrogens with zero attached hydrogens (tertiary/aromatic N) is 2. The van der Waals surface area contributed by atoms with E-state index in [2.05, 4.69) is 54.2 Å². The Kier molecular flexibility index (Phi) is 4.28. The maximum atomic E-state index is 4.71. The van der Waals surface area contributed by atoms with Crippen molar-refractivity contribution in [3.05, 3.63) is 41.7 Å². The summed E-state index contributed by atoms with van der Waals surface area (Å²) in [5.74, 6) is 1.00. The van der Waals surface area contributed by atoms with Crippen molar-refractivity contribution < 1.29 is 0 Å². The van der Waals surface area contributed by atoms with Crippen molar-refractivity contribution in [2.75, 3.05) is 5.32 Å². The van der Waals surface area contributed by atoms with Crippen LogP contribution in [-0.2, 0) is 6.42 Å². The van der Waals surface area contributed by atoms with E-state index in [1.165, 1.54) is 43.4 Å². The second-order valence-electron chi connectivity index (χ2n) is 6.04. The SMILES string of the molecule is CCc1ccccc1-n1cc(C)nc1NC1CCCCC1. The zero-order chi connectivity index (χ0) is 14.7. The fourth-order valence-corrected chi connectivity index (χ4v) is 3.26. The summed E-state index contributed by atoms with van der Waals surface area (Å²) in [4.78, 5) is 4.71. The number of hydrogen-bond donors (Lipinski definition) is 1. The van der Waals surface area contributed by atoms with Gasteiger partial charge < -0.3 is 5.32 Å². The van der Waals surface area contributed by atoms with Gasteiger partial charge in [-0.3, -0.25) is 4.57 Å². The number of imidazole rings is 1. The van der Waals surface area contributed by atoms with Gasteiger partial charge in [0, 0.05) is 12.2 Å². The average Bonchev–Trinajstić information content (AvgIpc) is 2.88. The second-order valence-corrected chi connectivity index (χ2v) is 6.04. The van der Waals surface area contributed by atoms with Crippen molar-refractivity contribution in [1.82, 2.24) is 9.55 Å². The first kappa shape index (κ1) is 14.2. The molecule has 1 heterocycles. The van der Waals surface area contributed by atoms with Crippen molar-refractivity contribution in [3.63, 3.8) is 0 Å². The molecule has 2 aromatic rings. The van der Waals surface area contributed by atoms with Crippen molar-refractivity contribution in [1.29, 1.82) is 0 Å². The molecule has 3 heteroatoms. The summed E-state index contributed by atoms with van der Waals surface area (Å²) in [5.41, 5.74) is 3.68. The third kappa shape index (κ3) is 3.12. The fourth-order valence-electron chi connectivity index (χ4n) is 3.26. The first-order chi connectivity index (χ1) is 10.3. The minimum absolute atomic E-state index is 0.577. The molecule has 1 fully saturated rings. The largest absolute Gasteiger partial charge is 0.353 e. The normalized spacial score (nSPS) is 16.1. The zero-order valence-corrected chi connectivity index (χ0v) is 13.1. The summed E-state index contributed by atoms with van der Waals surface area (Å²) in [6.45, 7) is 4.27. The molecule has 21 heavy (non-hydrogen) atoms. The topological polar surface area (TPSA) is 29.9 Å². The molecular formula is C18H25N3. The number of anilines is 1. The van der Waals surface area contributed by atoms with Crippen LogP contribution in [-0.4, -0.2) is 15.6 Å². The Balaban J connectivity index is 1.91. The molecule has 0 bridgehead atoms. The summed E-state index contributed by atoms with van der Waals surface area (Å²) in [6, 6.07) is 9.18. The molecule has 0 radical (unpaired) electrons. The monoisotopic (exact) mass is 283 g/mol. The number of rotatable bonds is 4. The van der Waals surface area contributed by atoms with Crippen LogP contribution in [0.25, 0.3) is 5.69 Å². The number of benzene rings is 1. The summed E-state index contributed by atoms with van der Waals surface area (Å²) in [6.07, 6.45) is 9.76. The molecule has 3 nitrogen and oxygen atoms in total. The van der Waals surface area contributed by atoms with Gasteiger partial charge in [0.2, 0.25) is 5.95 Å². The van der Waals surface area contributed by atoms with Crippen LogP contribution in [0.15, 0.2) is 30.5 Å². The van der Waals surface area contributed by atoms with E-state index < -0.39 is 0 Å². The lowest BCUT2D eigenvalue weighted by atomic mass is 9.96. The lowest BCUT2D eigenvalue weighted by Gasteiger charge is -2.24. The van der Waals surface area contributed by atoms with E-state index in [-0.39, 0.29) is 0 Å². The van der Waals surface area contributed by atoms with Gasteiger partial charge in [0.25, 0.3) is 0 Å². The van der Waals surface area contributed by atoms with Crippen LogP contribution in [0.3, 0.4) is 0 Å². The summed E-state index contributed by atoms with van der Waals surface area (Å²) in [5, 5.41) is 3.67. The average molecular weight is 283 g/mol. The Labute approximate surface area is 127 Å². The Morgan fingerprint density at radius 3 is 2.71 bits per heavy atom. The minimum Gasteiger partial charge on any atom is -0.353 e. The highest BCUT2D eigenvalue weighted by atomic mass is 15.2.